The Morgan fingerprint density at radius 2 is 1.81 bits per heavy atom. The van der Waals surface area contributed by atoms with Gasteiger partial charge in [0.15, 0.2) is 11.5 Å². The number of thiophene rings is 1. The van der Waals surface area contributed by atoms with E-state index in [2.05, 4.69) is 22.8 Å². The van der Waals surface area contributed by atoms with Gasteiger partial charge in [-0.05, 0) is 23.3 Å². The zero-order valence-corrected chi connectivity index (χ0v) is 15.4. The lowest BCUT2D eigenvalue weighted by Crippen LogP contribution is -2.22. The van der Waals surface area contributed by atoms with Gasteiger partial charge in [0.1, 0.15) is 0 Å². The SMILES string of the molecule is COc1ccc(-c2csc3c2NC(=O)C[C@H]3c2ccccc2)cc1OC. The maximum absolute atomic E-state index is 12.4. The fourth-order valence-electron chi connectivity index (χ4n) is 3.40. The number of hydrogen-bond acceptors (Lipinski definition) is 4. The van der Waals surface area contributed by atoms with Gasteiger partial charge in [0.05, 0.1) is 19.9 Å². The van der Waals surface area contributed by atoms with E-state index in [-0.39, 0.29) is 11.8 Å². The minimum Gasteiger partial charge on any atom is -0.493 e. The van der Waals surface area contributed by atoms with Gasteiger partial charge in [-0.1, -0.05) is 36.4 Å². The fraction of sp³-hybridized carbons (Fsp3) is 0.190. The van der Waals surface area contributed by atoms with Crippen LogP contribution in [0, 0.1) is 0 Å². The van der Waals surface area contributed by atoms with E-state index < -0.39 is 0 Å². The Morgan fingerprint density at radius 1 is 1.04 bits per heavy atom. The van der Waals surface area contributed by atoms with Crippen LogP contribution >= 0.6 is 11.3 Å². The van der Waals surface area contributed by atoms with Gasteiger partial charge in [-0.3, -0.25) is 4.79 Å². The third-order valence-corrected chi connectivity index (χ3v) is 5.78. The summed E-state index contributed by atoms with van der Waals surface area (Å²) in [6.45, 7) is 0. The van der Waals surface area contributed by atoms with Crippen LogP contribution in [0.25, 0.3) is 11.1 Å². The molecule has 2 heterocycles. The molecule has 1 amide bonds. The summed E-state index contributed by atoms with van der Waals surface area (Å²) < 4.78 is 10.7. The van der Waals surface area contributed by atoms with Crippen molar-refractivity contribution in [2.45, 2.75) is 12.3 Å². The molecule has 1 aliphatic heterocycles. The number of carbonyl (C=O) groups is 1. The fourth-order valence-corrected chi connectivity index (χ4v) is 4.56. The second kappa shape index (κ2) is 6.84. The number of carbonyl (C=O) groups excluding carboxylic acids is 1. The van der Waals surface area contributed by atoms with E-state index >= 15 is 0 Å². The number of benzene rings is 2. The van der Waals surface area contributed by atoms with E-state index in [1.165, 1.54) is 10.4 Å². The predicted octanol–water partition coefficient (Wildman–Crippen LogP) is 4.91. The predicted molar refractivity (Wildman–Crippen MR) is 104 cm³/mol. The van der Waals surface area contributed by atoms with Gasteiger partial charge in [0.25, 0.3) is 0 Å². The highest BCUT2D eigenvalue weighted by Crippen LogP contribution is 2.47. The lowest BCUT2D eigenvalue weighted by atomic mass is 9.89. The summed E-state index contributed by atoms with van der Waals surface area (Å²) in [5, 5.41) is 5.18. The van der Waals surface area contributed by atoms with Gasteiger partial charge < -0.3 is 14.8 Å². The maximum Gasteiger partial charge on any atom is 0.225 e. The van der Waals surface area contributed by atoms with E-state index in [0.717, 1.165) is 16.8 Å². The average Bonchev–Trinajstić information content (AvgIpc) is 3.11. The first-order chi connectivity index (χ1) is 12.7. The van der Waals surface area contributed by atoms with E-state index in [1.54, 1.807) is 25.6 Å². The van der Waals surface area contributed by atoms with Gasteiger partial charge in [-0.25, -0.2) is 0 Å². The van der Waals surface area contributed by atoms with Crippen LogP contribution in [-0.2, 0) is 4.79 Å². The molecule has 0 saturated carbocycles. The zero-order valence-electron chi connectivity index (χ0n) is 14.6. The number of anilines is 1. The highest BCUT2D eigenvalue weighted by atomic mass is 32.1. The number of nitrogens with one attached hydrogen (secondary N) is 1. The molecule has 0 spiro atoms. The molecule has 1 aromatic heterocycles. The number of amides is 1. The number of methoxy groups -OCH3 is 2. The molecule has 3 aromatic rings. The molecule has 0 saturated heterocycles. The van der Waals surface area contributed by atoms with Crippen molar-refractivity contribution in [3.8, 4) is 22.6 Å². The average molecular weight is 365 g/mol. The van der Waals surface area contributed by atoms with Crippen molar-refractivity contribution >= 4 is 22.9 Å². The monoisotopic (exact) mass is 365 g/mol. The number of ether oxygens (including phenoxy) is 2. The molecule has 0 unspecified atom stereocenters. The Balaban J connectivity index is 1.80. The Hall–Kier alpha value is -2.79. The van der Waals surface area contributed by atoms with Gasteiger partial charge in [-0.2, -0.15) is 0 Å². The summed E-state index contributed by atoms with van der Waals surface area (Å²) in [5.41, 5.74) is 4.09. The smallest absolute Gasteiger partial charge is 0.225 e. The first-order valence-corrected chi connectivity index (χ1v) is 9.27. The van der Waals surface area contributed by atoms with Crippen molar-refractivity contribution in [2.24, 2.45) is 0 Å². The summed E-state index contributed by atoms with van der Waals surface area (Å²) in [7, 11) is 3.24. The minimum atomic E-state index is 0.0477. The van der Waals surface area contributed by atoms with E-state index in [0.29, 0.717) is 17.9 Å². The van der Waals surface area contributed by atoms with Crippen molar-refractivity contribution in [1.29, 1.82) is 0 Å². The van der Waals surface area contributed by atoms with Crippen LogP contribution in [-0.4, -0.2) is 20.1 Å². The molecule has 1 aliphatic rings. The van der Waals surface area contributed by atoms with Crippen LogP contribution < -0.4 is 14.8 Å². The molecule has 1 atom stereocenters. The molecule has 0 bridgehead atoms. The first-order valence-electron chi connectivity index (χ1n) is 8.40. The Morgan fingerprint density at radius 3 is 2.54 bits per heavy atom. The lowest BCUT2D eigenvalue weighted by molar-refractivity contribution is -0.116. The van der Waals surface area contributed by atoms with E-state index in [1.807, 2.05) is 36.4 Å². The standard InChI is InChI=1S/C21H19NO3S/c1-24-17-9-8-14(10-18(17)25-2)16-12-26-21-15(11-19(23)22-20(16)21)13-6-4-3-5-7-13/h3-10,12,15H,11H2,1-2H3,(H,22,23)/t15-/m0/s1. The molecule has 4 rings (SSSR count). The van der Waals surface area contributed by atoms with Gasteiger partial charge in [0.2, 0.25) is 5.91 Å². The summed E-state index contributed by atoms with van der Waals surface area (Å²) in [6, 6.07) is 16.0. The van der Waals surface area contributed by atoms with Gasteiger partial charge >= 0.3 is 0 Å². The highest BCUT2D eigenvalue weighted by molar-refractivity contribution is 7.11. The van der Waals surface area contributed by atoms with Crippen molar-refractivity contribution in [1.82, 2.24) is 0 Å². The van der Waals surface area contributed by atoms with Crippen molar-refractivity contribution in [3.05, 3.63) is 64.4 Å². The molecular weight excluding hydrogens is 346 g/mol. The molecule has 4 nitrogen and oxygen atoms in total. The van der Waals surface area contributed by atoms with Crippen LogP contribution in [0.1, 0.15) is 22.8 Å². The van der Waals surface area contributed by atoms with Gasteiger partial charge in [-0.15, -0.1) is 11.3 Å². The van der Waals surface area contributed by atoms with Crippen LogP contribution in [0.3, 0.4) is 0 Å². The van der Waals surface area contributed by atoms with Crippen molar-refractivity contribution in [3.63, 3.8) is 0 Å². The quantitative estimate of drug-likeness (QED) is 0.715. The van der Waals surface area contributed by atoms with Crippen LogP contribution in [0.15, 0.2) is 53.9 Å². The molecule has 2 aromatic carbocycles. The van der Waals surface area contributed by atoms with Crippen LogP contribution in [0.5, 0.6) is 11.5 Å². The van der Waals surface area contributed by atoms with Crippen LogP contribution in [0.4, 0.5) is 5.69 Å². The van der Waals surface area contributed by atoms with Crippen LogP contribution in [0.2, 0.25) is 0 Å². The highest BCUT2D eigenvalue weighted by Gasteiger charge is 2.30. The zero-order chi connectivity index (χ0) is 18.1. The summed E-state index contributed by atoms with van der Waals surface area (Å²) in [5.74, 6) is 1.50. The normalized spacial score (nSPS) is 15.9. The number of hydrogen-bond donors (Lipinski definition) is 1. The third-order valence-electron chi connectivity index (χ3n) is 4.69. The molecule has 26 heavy (non-hydrogen) atoms. The van der Waals surface area contributed by atoms with Gasteiger partial charge in [0, 0.05) is 28.2 Å². The molecule has 0 aliphatic carbocycles. The Labute approximate surface area is 156 Å². The largest absolute Gasteiger partial charge is 0.493 e. The molecule has 5 heteroatoms. The second-order valence-corrected chi connectivity index (χ2v) is 7.09. The molecule has 0 fully saturated rings. The minimum absolute atomic E-state index is 0.0477. The maximum atomic E-state index is 12.4. The van der Waals surface area contributed by atoms with E-state index in [9.17, 15) is 4.79 Å². The summed E-state index contributed by atoms with van der Waals surface area (Å²) in [4.78, 5) is 13.6. The van der Waals surface area contributed by atoms with E-state index in [4.69, 9.17) is 9.47 Å². The second-order valence-electron chi connectivity index (χ2n) is 6.17. The lowest BCUT2D eigenvalue weighted by Gasteiger charge is -2.24. The first kappa shape index (κ1) is 16.7. The summed E-state index contributed by atoms with van der Waals surface area (Å²) >= 11 is 1.69. The topological polar surface area (TPSA) is 47.6 Å². The molecule has 0 radical (unpaired) electrons. The van der Waals surface area contributed by atoms with Crippen molar-refractivity contribution in [2.75, 3.05) is 19.5 Å². The summed E-state index contributed by atoms with van der Waals surface area (Å²) in [6.07, 6.45) is 0.475. The van der Waals surface area contributed by atoms with Crippen molar-refractivity contribution < 1.29 is 14.3 Å². The third kappa shape index (κ3) is 2.84. The molecule has 1 N–H and O–H groups in total. The Bertz CT molecular complexity index is 949. The molecule has 132 valence electrons. The Kier molecular flexibility index (Phi) is 4.39. The number of fused-ring (bicyclic) bond motifs is 1. The number of rotatable bonds is 4. The molecular formula is C21H19NO3S.